The number of rotatable bonds is 10. The Labute approximate surface area is 189 Å². The molecule has 1 aromatic heterocycles. The Balaban J connectivity index is 1.61. The maximum atomic E-state index is 12.3. The Kier molecular flexibility index (Phi) is 8.30. The van der Waals surface area contributed by atoms with Gasteiger partial charge in [-0.25, -0.2) is 0 Å². The van der Waals surface area contributed by atoms with Gasteiger partial charge in [0.05, 0.1) is 11.1 Å². The van der Waals surface area contributed by atoms with E-state index in [-0.39, 0.29) is 12.5 Å². The Morgan fingerprint density at radius 3 is 2.60 bits per heavy atom. The molecule has 7 heteroatoms. The number of carbonyl (C=O) groups is 1. The van der Waals surface area contributed by atoms with Crippen LogP contribution >= 0.6 is 27.3 Å². The largest absolute Gasteiger partial charge is 0.490 e. The lowest BCUT2D eigenvalue weighted by Gasteiger charge is -2.16. The first-order valence-electron chi connectivity index (χ1n) is 9.72. The van der Waals surface area contributed by atoms with E-state index in [4.69, 9.17) is 9.47 Å². The first-order chi connectivity index (χ1) is 14.5. The number of aryl methyl sites for hydroxylation is 1. The van der Waals surface area contributed by atoms with Gasteiger partial charge < -0.3 is 20.1 Å². The van der Waals surface area contributed by atoms with Gasteiger partial charge in [0.15, 0.2) is 18.1 Å². The van der Waals surface area contributed by atoms with Crippen molar-refractivity contribution in [2.75, 3.05) is 18.5 Å². The molecule has 30 heavy (non-hydrogen) atoms. The average Bonchev–Trinajstić information content (AvgIpc) is 3.23. The zero-order chi connectivity index (χ0) is 21.3. The number of benzene rings is 2. The minimum atomic E-state index is -0.227. The summed E-state index contributed by atoms with van der Waals surface area (Å²) < 4.78 is 12.3. The highest BCUT2D eigenvalue weighted by Gasteiger charge is 2.14. The van der Waals surface area contributed by atoms with Crippen LogP contribution in [0.3, 0.4) is 0 Å². The molecule has 0 aliphatic carbocycles. The minimum absolute atomic E-state index is 0.109. The van der Waals surface area contributed by atoms with Crippen LogP contribution in [0.2, 0.25) is 0 Å². The molecule has 3 aromatic rings. The second kappa shape index (κ2) is 11.2. The van der Waals surface area contributed by atoms with E-state index < -0.39 is 0 Å². The summed E-state index contributed by atoms with van der Waals surface area (Å²) in [6.07, 6.45) is 0. The summed E-state index contributed by atoms with van der Waals surface area (Å²) in [7, 11) is 0. The monoisotopic (exact) mass is 488 g/mol. The van der Waals surface area contributed by atoms with E-state index in [1.54, 1.807) is 11.3 Å². The van der Waals surface area contributed by atoms with Crippen molar-refractivity contribution in [3.63, 3.8) is 0 Å². The molecule has 0 radical (unpaired) electrons. The number of nitrogens with one attached hydrogen (secondary N) is 2. The minimum Gasteiger partial charge on any atom is -0.490 e. The zero-order valence-corrected chi connectivity index (χ0v) is 19.4. The molecule has 1 amide bonds. The Bertz CT molecular complexity index is 959. The number of hydrogen-bond donors (Lipinski definition) is 2. The van der Waals surface area contributed by atoms with Crippen LogP contribution in [0.15, 0.2) is 58.4 Å². The summed E-state index contributed by atoms with van der Waals surface area (Å²) in [5.74, 6) is 0.913. The van der Waals surface area contributed by atoms with E-state index in [2.05, 4.69) is 38.0 Å². The molecular formula is C23H25BrN2O3S. The molecule has 5 nitrogen and oxygen atoms in total. The smallest absolute Gasteiger partial charge is 0.262 e. The van der Waals surface area contributed by atoms with Crippen molar-refractivity contribution < 1.29 is 14.3 Å². The van der Waals surface area contributed by atoms with E-state index in [1.165, 1.54) is 4.88 Å². The molecule has 0 aliphatic heterocycles. The average molecular weight is 489 g/mol. The van der Waals surface area contributed by atoms with Crippen molar-refractivity contribution in [1.82, 2.24) is 5.32 Å². The third-order valence-electron chi connectivity index (χ3n) is 4.26. The number of anilines is 1. The lowest BCUT2D eigenvalue weighted by atomic mass is 10.2. The molecular weight excluding hydrogens is 464 g/mol. The van der Waals surface area contributed by atoms with Gasteiger partial charge in [-0.3, -0.25) is 4.79 Å². The van der Waals surface area contributed by atoms with Crippen LogP contribution in [0.5, 0.6) is 11.5 Å². The quantitative estimate of drug-likeness (QED) is 0.394. The highest BCUT2D eigenvalue weighted by molar-refractivity contribution is 9.10. The molecule has 0 atom stereocenters. The van der Waals surface area contributed by atoms with Crippen molar-refractivity contribution in [3.05, 3.63) is 74.4 Å². The third kappa shape index (κ3) is 6.58. The molecule has 0 unspecified atom stereocenters. The van der Waals surface area contributed by atoms with Crippen molar-refractivity contribution >= 4 is 38.9 Å². The normalized spacial score (nSPS) is 10.6. The molecule has 2 N–H and O–H groups in total. The van der Waals surface area contributed by atoms with Gasteiger partial charge in [-0.05, 0) is 71.1 Å². The summed E-state index contributed by atoms with van der Waals surface area (Å²) in [5.41, 5.74) is 2.95. The fourth-order valence-corrected chi connectivity index (χ4v) is 4.12. The number of carbonyl (C=O) groups excluding carboxylic acids is 1. The van der Waals surface area contributed by atoms with Gasteiger partial charge in [-0.1, -0.05) is 23.8 Å². The van der Waals surface area contributed by atoms with E-state index in [0.717, 1.165) is 27.8 Å². The molecule has 2 aromatic carbocycles. The van der Waals surface area contributed by atoms with Crippen LogP contribution in [-0.2, 0) is 17.9 Å². The highest BCUT2D eigenvalue weighted by Crippen LogP contribution is 2.37. The zero-order valence-electron chi connectivity index (χ0n) is 17.0. The summed E-state index contributed by atoms with van der Waals surface area (Å²) in [6.45, 7) is 5.83. The fraction of sp³-hybridized carbons (Fsp3) is 0.261. The summed E-state index contributed by atoms with van der Waals surface area (Å²) in [4.78, 5) is 13.6. The van der Waals surface area contributed by atoms with Crippen LogP contribution in [0, 0.1) is 6.92 Å². The van der Waals surface area contributed by atoms with Gasteiger partial charge in [-0.2, -0.15) is 0 Å². The second-order valence-corrected chi connectivity index (χ2v) is 8.61. The van der Waals surface area contributed by atoms with Gasteiger partial charge in [0.2, 0.25) is 0 Å². The van der Waals surface area contributed by atoms with Crippen LogP contribution < -0.4 is 20.1 Å². The lowest BCUT2D eigenvalue weighted by Crippen LogP contribution is -2.20. The van der Waals surface area contributed by atoms with Gasteiger partial charge >= 0.3 is 0 Å². The van der Waals surface area contributed by atoms with Gasteiger partial charge in [0, 0.05) is 23.7 Å². The summed E-state index contributed by atoms with van der Waals surface area (Å²) in [6, 6.07) is 15.7. The summed E-state index contributed by atoms with van der Waals surface area (Å²) in [5, 5.41) is 8.34. The lowest BCUT2D eigenvalue weighted by molar-refractivity contribution is -0.118. The first-order valence-corrected chi connectivity index (χ1v) is 11.4. The first kappa shape index (κ1) is 22.3. The van der Waals surface area contributed by atoms with Crippen molar-refractivity contribution in [3.8, 4) is 11.5 Å². The summed E-state index contributed by atoms with van der Waals surface area (Å²) >= 11 is 5.29. The van der Waals surface area contributed by atoms with E-state index in [0.29, 0.717) is 24.7 Å². The van der Waals surface area contributed by atoms with Crippen molar-refractivity contribution in [2.24, 2.45) is 0 Å². The van der Waals surface area contributed by atoms with Gasteiger partial charge in [-0.15, -0.1) is 11.3 Å². The van der Waals surface area contributed by atoms with Crippen molar-refractivity contribution in [1.29, 1.82) is 0 Å². The van der Waals surface area contributed by atoms with Crippen LogP contribution in [-0.4, -0.2) is 19.1 Å². The van der Waals surface area contributed by atoms with Gasteiger partial charge in [0.25, 0.3) is 5.91 Å². The Morgan fingerprint density at radius 2 is 1.90 bits per heavy atom. The standard InChI is InChI=1S/C23H25BrN2O3S/c1-3-28-21-12-17(13-25-14-19-5-4-10-30-19)11-20(24)23(21)29-15-22(27)26-18-8-6-16(2)7-9-18/h4-12,25H,3,13-15H2,1-2H3,(H,26,27). The Morgan fingerprint density at radius 1 is 1.10 bits per heavy atom. The van der Waals surface area contributed by atoms with Crippen LogP contribution in [0.4, 0.5) is 5.69 Å². The van der Waals surface area contributed by atoms with E-state index in [9.17, 15) is 4.79 Å². The number of amides is 1. The van der Waals surface area contributed by atoms with Crippen molar-refractivity contribution in [2.45, 2.75) is 26.9 Å². The number of ether oxygens (including phenoxy) is 2. The number of hydrogen-bond acceptors (Lipinski definition) is 5. The predicted molar refractivity (Wildman–Crippen MR) is 125 cm³/mol. The fourth-order valence-electron chi connectivity index (χ4n) is 2.84. The topological polar surface area (TPSA) is 59.6 Å². The molecule has 0 saturated heterocycles. The maximum absolute atomic E-state index is 12.3. The second-order valence-electron chi connectivity index (χ2n) is 6.72. The van der Waals surface area contributed by atoms with E-state index in [1.807, 2.05) is 56.3 Å². The predicted octanol–water partition coefficient (Wildman–Crippen LogP) is 5.53. The molecule has 0 spiro atoms. The maximum Gasteiger partial charge on any atom is 0.262 e. The molecule has 1 heterocycles. The molecule has 0 aliphatic rings. The molecule has 0 bridgehead atoms. The van der Waals surface area contributed by atoms with Gasteiger partial charge in [0.1, 0.15) is 0 Å². The number of halogens is 1. The molecule has 0 fully saturated rings. The van der Waals surface area contributed by atoms with Crippen LogP contribution in [0.1, 0.15) is 22.9 Å². The van der Waals surface area contributed by atoms with Crippen LogP contribution in [0.25, 0.3) is 0 Å². The molecule has 3 rings (SSSR count). The SMILES string of the molecule is CCOc1cc(CNCc2cccs2)cc(Br)c1OCC(=O)Nc1ccc(C)cc1. The Hall–Kier alpha value is -2.35. The third-order valence-corrected chi connectivity index (χ3v) is 5.73. The van der Waals surface area contributed by atoms with E-state index >= 15 is 0 Å². The molecule has 158 valence electrons. The highest BCUT2D eigenvalue weighted by atomic mass is 79.9. The molecule has 0 saturated carbocycles. The number of thiophene rings is 1.